The molecule has 3 aromatic carbocycles. The van der Waals surface area contributed by atoms with Gasteiger partial charge in [0.2, 0.25) is 5.91 Å². The van der Waals surface area contributed by atoms with Crippen molar-refractivity contribution < 1.29 is 23.9 Å². The molecule has 9 heteroatoms. The van der Waals surface area contributed by atoms with E-state index < -0.39 is 6.23 Å². The molecular formula is C28H27N3O5S. The van der Waals surface area contributed by atoms with Crippen LogP contribution in [0, 0.1) is 0 Å². The highest BCUT2D eigenvalue weighted by Crippen LogP contribution is 2.37. The Balaban J connectivity index is 1.41. The van der Waals surface area contributed by atoms with Gasteiger partial charge in [0, 0.05) is 17.3 Å². The molecule has 2 atom stereocenters. The first kappa shape index (κ1) is 24.9. The van der Waals surface area contributed by atoms with Crippen LogP contribution in [0.15, 0.2) is 78.9 Å². The smallest absolute Gasteiger partial charge is 0.291 e. The van der Waals surface area contributed by atoms with Crippen LogP contribution in [0.25, 0.3) is 0 Å². The van der Waals surface area contributed by atoms with Gasteiger partial charge in [-0.1, -0.05) is 60.3 Å². The molecule has 5 rings (SSSR count). The van der Waals surface area contributed by atoms with Gasteiger partial charge in [-0.15, -0.1) is 0 Å². The topological polar surface area (TPSA) is 79.4 Å². The van der Waals surface area contributed by atoms with Crippen molar-refractivity contribution in [2.45, 2.75) is 19.2 Å². The maximum atomic E-state index is 13.6. The third-order valence-electron chi connectivity index (χ3n) is 6.48. The zero-order valence-electron chi connectivity index (χ0n) is 20.6. The fraction of sp³-hybridized carbons (Fsp3) is 0.250. The van der Waals surface area contributed by atoms with E-state index in [1.165, 1.54) is 4.90 Å². The van der Waals surface area contributed by atoms with Crippen molar-refractivity contribution in [1.82, 2.24) is 9.80 Å². The van der Waals surface area contributed by atoms with Crippen molar-refractivity contribution in [2.24, 2.45) is 0 Å². The minimum absolute atomic E-state index is 0.0952. The van der Waals surface area contributed by atoms with Gasteiger partial charge in [0.15, 0.2) is 6.23 Å². The van der Waals surface area contributed by atoms with Crippen molar-refractivity contribution >= 4 is 40.2 Å². The standard InChI is InChI=1S/C28H27N3O5S/c1-19(16-36-27(20-9-5-3-6-10-20)31-25(32)17-37-28(31)34)29-18-30(21-11-7-4-8-12-21)24-15-22(35-2)13-14-23(24)26(29)33/h3-15,19,27H,16-18H2,1-2H3. The van der Waals surface area contributed by atoms with Gasteiger partial charge < -0.3 is 19.3 Å². The highest BCUT2D eigenvalue weighted by atomic mass is 32.2. The Labute approximate surface area is 219 Å². The highest BCUT2D eigenvalue weighted by molar-refractivity contribution is 8.14. The second kappa shape index (κ2) is 10.7. The van der Waals surface area contributed by atoms with E-state index in [1.54, 1.807) is 24.1 Å². The molecule has 0 aliphatic carbocycles. The molecule has 37 heavy (non-hydrogen) atoms. The molecule has 3 aromatic rings. The lowest BCUT2D eigenvalue weighted by atomic mass is 10.1. The Morgan fingerprint density at radius 3 is 2.30 bits per heavy atom. The Hall–Kier alpha value is -3.82. The summed E-state index contributed by atoms with van der Waals surface area (Å²) >= 11 is 0.968. The number of carbonyl (C=O) groups excluding carboxylic acids is 3. The van der Waals surface area contributed by atoms with Crippen LogP contribution in [0.4, 0.5) is 16.2 Å². The summed E-state index contributed by atoms with van der Waals surface area (Å²) in [5.41, 5.74) is 2.97. The van der Waals surface area contributed by atoms with E-state index in [4.69, 9.17) is 9.47 Å². The monoisotopic (exact) mass is 517 g/mol. The minimum atomic E-state index is -0.861. The number of nitrogens with zero attached hydrogens (tertiary/aromatic N) is 3. The Morgan fingerprint density at radius 1 is 0.946 bits per heavy atom. The number of amides is 3. The number of benzene rings is 3. The quantitative estimate of drug-likeness (QED) is 0.414. The molecule has 3 amide bonds. The molecule has 0 saturated carbocycles. The summed E-state index contributed by atoms with van der Waals surface area (Å²) in [6.07, 6.45) is -0.861. The maximum Gasteiger partial charge on any atom is 0.291 e. The zero-order valence-corrected chi connectivity index (χ0v) is 21.4. The van der Waals surface area contributed by atoms with Crippen LogP contribution < -0.4 is 9.64 Å². The normalized spacial score (nSPS) is 17.1. The third kappa shape index (κ3) is 4.92. The minimum Gasteiger partial charge on any atom is -0.497 e. The van der Waals surface area contributed by atoms with Gasteiger partial charge in [-0.25, -0.2) is 4.90 Å². The number of thioether (sulfide) groups is 1. The Kier molecular flexibility index (Phi) is 7.16. The lowest BCUT2D eigenvalue weighted by Crippen LogP contribution is -2.50. The van der Waals surface area contributed by atoms with E-state index in [2.05, 4.69) is 4.90 Å². The predicted octanol–water partition coefficient (Wildman–Crippen LogP) is 5.05. The molecule has 0 N–H and O–H groups in total. The number of rotatable bonds is 8. The molecule has 2 aliphatic rings. The second-order valence-corrected chi connectivity index (χ2v) is 9.75. The second-order valence-electron chi connectivity index (χ2n) is 8.83. The van der Waals surface area contributed by atoms with Gasteiger partial charge in [-0.2, -0.15) is 0 Å². The first-order chi connectivity index (χ1) is 18.0. The number of imide groups is 1. The maximum absolute atomic E-state index is 13.6. The van der Waals surface area contributed by atoms with E-state index in [9.17, 15) is 14.4 Å². The van der Waals surface area contributed by atoms with E-state index in [0.717, 1.165) is 23.1 Å². The first-order valence-corrected chi connectivity index (χ1v) is 12.9. The molecule has 0 aromatic heterocycles. The summed E-state index contributed by atoms with van der Waals surface area (Å²) in [5, 5.41) is -0.335. The van der Waals surface area contributed by atoms with Crippen LogP contribution in [0.2, 0.25) is 0 Å². The van der Waals surface area contributed by atoms with Crippen molar-refractivity contribution in [2.75, 3.05) is 31.0 Å². The number of hydrogen-bond acceptors (Lipinski definition) is 7. The molecule has 190 valence electrons. The molecule has 2 unspecified atom stereocenters. The van der Waals surface area contributed by atoms with Crippen molar-refractivity contribution in [3.8, 4) is 5.75 Å². The average molecular weight is 518 g/mol. The average Bonchev–Trinajstić information content (AvgIpc) is 3.27. The first-order valence-electron chi connectivity index (χ1n) is 11.9. The van der Waals surface area contributed by atoms with Crippen LogP contribution in [-0.4, -0.2) is 59.0 Å². The largest absolute Gasteiger partial charge is 0.497 e. The van der Waals surface area contributed by atoms with Gasteiger partial charge in [0.05, 0.1) is 43.4 Å². The Bertz CT molecular complexity index is 1290. The van der Waals surface area contributed by atoms with Gasteiger partial charge >= 0.3 is 0 Å². The number of hydrogen-bond donors (Lipinski definition) is 0. The van der Waals surface area contributed by atoms with E-state index in [0.29, 0.717) is 23.5 Å². The van der Waals surface area contributed by atoms with Gasteiger partial charge in [-0.3, -0.25) is 14.4 Å². The van der Waals surface area contributed by atoms with Crippen molar-refractivity contribution in [1.29, 1.82) is 0 Å². The lowest BCUT2D eigenvalue weighted by Gasteiger charge is -2.41. The van der Waals surface area contributed by atoms with Crippen molar-refractivity contribution in [3.63, 3.8) is 0 Å². The number of methoxy groups -OCH3 is 1. The molecular weight excluding hydrogens is 490 g/mol. The van der Waals surface area contributed by atoms with Gasteiger partial charge in [-0.05, 0) is 31.2 Å². The van der Waals surface area contributed by atoms with E-state index in [-0.39, 0.29) is 35.5 Å². The SMILES string of the molecule is COc1ccc2c(c1)N(c1ccccc1)CN(C(C)COC(c1ccccc1)N1C(=O)CSC1=O)C2=O. The summed E-state index contributed by atoms with van der Waals surface area (Å²) < 4.78 is 11.6. The van der Waals surface area contributed by atoms with Crippen LogP contribution >= 0.6 is 11.8 Å². The summed E-state index contributed by atoms with van der Waals surface area (Å²) in [4.78, 5) is 43.6. The van der Waals surface area contributed by atoms with Gasteiger partial charge in [0.25, 0.3) is 11.1 Å². The molecule has 0 radical (unpaired) electrons. The number of anilines is 2. The molecule has 2 aliphatic heterocycles. The van der Waals surface area contributed by atoms with Crippen molar-refractivity contribution in [3.05, 3.63) is 90.0 Å². The third-order valence-corrected chi connectivity index (χ3v) is 7.31. The van der Waals surface area contributed by atoms with E-state index >= 15 is 0 Å². The summed E-state index contributed by atoms with van der Waals surface area (Å²) in [5.74, 6) is 0.350. The molecule has 1 fully saturated rings. The predicted molar refractivity (Wildman–Crippen MR) is 142 cm³/mol. The summed E-state index contributed by atoms with van der Waals surface area (Å²) in [6.45, 7) is 2.34. The number of carbonyl (C=O) groups is 3. The lowest BCUT2D eigenvalue weighted by molar-refractivity contribution is -0.137. The van der Waals surface area contributed by atoms with Crippen LogP contribution in [0.1, 0.15) is 29.1 Å². The molecule has 1 saturated heterocycles. The van der Waals surface area contributed by atoms with Gasteiger partial charge in [0.1, 0.15) is 5.75 Å². The number of fused-ring (bicyclic) bond motifs is 1. The zero-order chi connectivity index (χ0) is 25.9. The fourth-order valence-corrected chi connectivity index (χ4v) is 5.23. The summed E-state index contributed by atoms with van der Waals surface area (Å²) in [7, 11) is 1.60. The number of ether oxygens (including phenoxy) is 2. The molecule has 2 heterocycles. The Morgan fingerprint density at radius 2 is 1.65 bits per heavy atom. The van der Waals surface area contributed by atoms with Crippen LogP contribution in [0.3, 0.4) is 0 Å². The van der Waals surface area contributed by atoms with E-state index in [1.807, 2.05) is 73.7 Å². The molecule has 0 spiro atoms. The van der Waals surface area contributed by atoms with Crippen LogP contribution in [0.5, 0.6) is 5.75 Å². The van der Waals surface area contributed by atoms with Crippen LogP contribution in [-0.2, 0) is 9.53 Å². The summed E-state index contributed by atoms with van der Waals surface area (Å²) in [6, 6.07) is 24.1. The highest BCUT2D eigenvalue weighted by Gasteiger charge is 2.39. The molecule has 0 bridgehead atoms. The number of para-hydroxylation sites is 1. The fourth-order valence-electron chi connectivity index (χ4n) is 4.51. The molecule has 8 nitrogen and oxygen atoms in total.